The summed E-state index contributed by atoms with van der Waals surface area (Å²) in [4.78, 5) is 14.2. The van der Waals surface area contributed by atoms with Gasteiger partial charge in [-0.3, -0.25) is 4.79 Å². The summed E-state index contributed by atoms with van der Waals surface area (Å²) in [5.74, 6) is 0.0974. The SMILES string of the molecule is CC(C)(C)N1C(=O)CCC(N)C1c1c(Cl)cccc1Cl. The van der Waals surface area contributed by atoms with Gasteiger partial charge in [0.1, 0.15) is 0 Å². The Morgan fingerprint density at radius 1 is 1.25 bits per heavy atom. The van der Waals surface area contributed by atoms with Gasteiger partial charge in [0.15, 0.2) is 0 Å². The first-order valence-corrected chi connectivity index (χ1v) is 7.50. The second-order valence-electron chi connectivity index (χ2n) is 6.22. The van der Waals surface area contributed by atoms with E-state index in [1.54, 1.807) is 18.2 Å². The molecule has 2 unspecified atom stereocenters. The summed E-state index contributed by atoms with van der Waals surface area (Å²) in [5.41, 5.74) is 6.71. The number of hydrogen-bond donors (Lipinski definition) is 1. The van der Waals surface area contributed by atoms with E-state index in [9.17, 15) is 4.79 Å². The van der Waals surface area contributed by atoms with Gasteiger partial charge in [0, 0.05) is 33.6 Å². The Morgan fingerprint density at radius 3 is 2.30 bits per heavy atom. The van der Waals surface area contributed by atoms with Crippen molar-refractivity contribution >= 4 is 29.1 Å². The Morgan fingerprint density at radius 2 is 1.80 bits per heavy atom. The lowest BCUT2D eigenvalue weighted by Gasteiger charge is -2.47. The van der Waals surface area contributed by atoms with Crippen molar-refractivity contribution in [3.8, 4) is 0 Å². The zero-order valence-electron chi connectivity index (χ0n) is 12.0. The molecular formula is C15H20Cl2N2O. The van der Waals surface area contributed by atoms with E-state index in [1.807, 2.05) is 25.7 Å². The van der Waals surface area contributed by atoms with Crippen molar-refractivity contribution in [3.05, 3.63) is 33.8 Å². The summed E-state index contributed by atoms with van der Waals surface area (Å²) < 4.78 is 0. The van der Waals surface area contributed by atoms with Crippen molar-refractivity contribution in [1.29, 1.82) is 0 Å². The Hall–Kier alpha value is -0.770. The molecule has 110 valence electrons. The van der Waals surface area contributed by atoms with Crippen molar-refractivity contribution < 1.29 is 4.79 Å². The van der Waals surface area contributed by atoms with E-state index in [1.165, 1.54) is 0 Å². The highest BCUT2D eigenvalue weighted by molar-refractivity contribution is 6.36. The van der Waals surface area contributed by atoms with Crippen LogP contribution in [-0.2, 0) is 4.79 Å². The van der Waals surface area contributed by atoms with Crippen LogP contribution in [0.5, 0.6) is 0 Å². The first-order chi connectivity index (χ1) is 9.23. The van der Waals surface area contributed by atoms with Gasteiger partial charge >= 0.3 is 0 Å². The largest absolute Gasteiger partial charge is 0.329 e. The van der Waals surface area contributed by atoms with E-state index in [2.05, 4.69) is 0 Å². The molecule has 1 saturated heterocycles. The third-order valence-corrected chi connectivity index (χ3v) is 4.32. The van der Waals surface area contributed by atoms with Crippen LogP contribution in [0.15, 0.2) is 18.2 Å². The van der Waals surface area contributed by atoms with Crippen LogP contribution < -0.4 is 5.73 Å². The average Bonchev–Trinajstić information content (AvgIpc) is 2.31. The molecule has 1 aromatic carbocycles. The van der Waals surface area contributed by atoms with E-state index in [4.69, 9.17) is 28.9 Å². The predicted octanol–water partition coefficient (Wildman–Crippen LogP) is 3.78. The molecule has 0 aliphatic carbocycles. The fourth-order valence-corrected chi connectivity index (χ4v) is 3.46. The van der Waals surface area contributed by atoms with Gasteiger partial charge in [0.05, 0.1) is 6.04 Å². The minimum absolute atomic E-state index is 0.0974. The Balaban J connectivity index is 2.57. The number of likely N-dealkylation sites (tertiary alicyclic amines) is 1. The van der Waals surface area contributed by atoms with Crippen molar-refractivity contribution in [1.82, 2.24) is 4.90 Å². The lowest BCUT2D eigenvalue weighted by atomic mass is 9.86. The second-order valence-corrected chi connectivity index (χ2v) is 7.03. The molecule has 5 heteroatoms. The van der Waals surface area contributed by atoms with Crippen LogP contribution >= 0.6 is 23.2 Å². The maximum absolute atomic E-state index is 12.4. The standard InChI is InChI=1S/C15H20Cl2N2O/c1-15(2,3)19-12(20)8-7-11(18)14(19)13-9(16)5-4-6-10(13)17/h4-6,11,14H,7-8,18H2,1-3H3. The van der Waals surface area contributed by atoms with Gasteiger partial charge in [-0.2, -0.15) is 0 Å². The molecule has 3 nitrogen and oxygen atoms in total. The lowest BCUT2D eigenvalue weighted by Crippen LogP contribution is -2.56. The van der Waals surface area contributed by atoms with Gasteiger partial charge in [-0.05, 0) is 39.3 Å². The number of halogens is 2. The predicted molar refractivity (Wildman–Crippen MR) is 83.0 cm³/mol. The molecule has 1 aliphatic heterocycles. The Bertz CT molecular complexity index is 505. The highest BCUT2D eigenvalue weighted by Crippen LogP contribution is 2.41. The van der Waals surface area contributed by atoms with E-state index in [0.29, 0.717) is 22.9 Å². The second kappa shape index (κ2) is 5.55. The Labute approximate surface area is 130 Å². The number of benzene rings is 1. The first kappa shape index (κ1) is 15.6. The van der Waals surface area contributed by atoms with Crippen LogP contribution in [0, 0.1) is 0 Å². The third kappa shape index (κ3) is 2.80. The zero-order chi connectivity index (χ0) is 15.1. The quantitative estimate of drug-likeness (QED) is 0.857. The summed E-state index contributed by atoms with van der Waals surface area (Å²) in [6.07, 6.45) is 1.12. The molecule has 1 aliphatic rings. The molecule has 2 atom stereocenters. The molecule has 0 spiro atoms. The van der Waals surface area contributed by atoms with Crippen LogP contribution in [0.2, 0.25) is 10.0 Å². The van der Waals surface area contributed by atoms with Crippen molar-refractivity contribution in [2.75, 3.05) is 0 Å². The molecule has 20 heavy (non-hydrogen) atoms. The van der Waals surface area contributed by atoms with E-state index < -0.39 is 0 Å². The fraction of sp³-hybridized carbons (Fsp3) is 0.533. The molecule has 1 heterocycles. The monoisotopic (exact) mass is 314 g/mol. The normalized spacial score (nSPS) is 24.1. The van der Waals surface area contributed by atoms with Gasteiger partial charge < -0.3 is 10.6 Å². The number of hydrogen-bond acceptors (Lipinski definition) is 2. The van der Waals surface area contributed by atoms with Gasteiger partial charge in [-0.15, -0.1) is 0 Å². The number of carbonyl (C=O) groups is 1. The maximum Gasteiger partial charge on any atom is 0.223 e. The highest BCUT2D eigenvalue weighted by atomic mass is 35.5. The molecule has 2 N–H and O–H groups in total. The molecule has 0 radical (unpaired) electrons. The highest BCUT2D eigenvalue weighted by Gasteiger charge is 2.42. The van der Waals surface area contributed by atoms with Crippen molar-refractivity contribution in [2.24, 2.45) is 5.73 Å². The number of carbonyl (C=O) groups excluding carboxylic acids is 1. The van der Waals surface area contributed by atoms with Gasteiger partial charge in [-0.25, -0.2) is 0 Å². The van der Waals surface area contributed by atoms with Crippen LogP contribution in [-0.4, -0.2) is 22.4 Å². The number of nitrogens with zero attached hydrogens (tertiary/aromatic N) is 1. The average molecular weight is 315 g/mol. The molecular weight excluding hydrogens is 295 g/mol. The number of amides is 1. The van der Waals surface area contributed by atoms with Gasteiger partial charge in [0.25, 0.3) is 0 Å². The molecule has 0 aromatic heterocycles. The van der Waals surface area contributed by atoms with Crippen LogP contribution in [0.25, 0.3) is 0 Å². The van der Waals surface area contributed by atoms with E-state index in [-0.39, 0.29) is 23.5 Å². The number of rotatable bonds is 1. The molecule has 1 aromatic rings. The summed E-state index contributed by atoms with van der Waals surface area (Å²) >= 11 is 12.6. The number of piperidine rings is 1. The minimum atomic E-state index is -0.331. The van der Waals surface area contributed by atoms with Crippen molar-refractivity contribution in [3.63, 3.8) is 0 Å². The summed E-state index contributed by atoms with van der Waals surface area (Å²) in [6.45, 7) is 6.00. The topological polar surface area (TPSA) is 46.3 Å². The smallest absolute Gasteiger partial charge is 0.223 e. The third-order valence-electron chi connectivity index (χ3n) is 3.66. The maximum atomic E-state index is 12.4. The summed E-state index contributed by atoms with van der Waals surface area (Å²) in [7, 11) is 0. The van der Waals surface area contributed by atoms with Gasteiger partial charge in [0.2, 0.25) is 5.91 Å². The number of nitrogens with two attached hydrogens (primary N) is 1. The minimum Gasteiger partial charge on any atom is -0.329 e. The molecule has 2 rings (SSSR count). The van der Waals surface area contributed by atoms with Crippen LogP contribution in [0.4, 0.5) is 0 Å². The lowest BCUT2D eigenvalue weighted by molar-refractivity contribution is -0.144. The van der Waals surface area contributed by atoms with Crippen LogP contribution in [0.1, 0.15) is 45.2 Å². The van der Waals surface area contributed by atoms with E-state index >= 15 is 0 Å². The van der Waals surface area contributed by atoms with E-state index in [0.717, 1.165) is 5.56 Å². The van der Waals surface area contributed by atoms with Crippen molar-refractivity contribution in [2.45, 2.75) is 51.2 Å². The molecule has 1 amide bonds. The molecule has 1 fully saturated rings. The first-order valence-electron chi connectivity index (χ1n) is 6.75. The Kier molecular flexibility index (Phi) is 4.33. The summed E-state index contributed by atoms with van der Waals surface area (Å²) in [6, 6.07) is 4.93. The zero-order valence-corrected chi connectivity index (χ0v) is 13.5. The fourth-order valence-electron chi connectivity index (χ4n) is 2.84. The molecule has 0 bridgehead atoms. The summed E-state index contributed by atoms with van der Waals surface area (Å²) in [5, 5.41) is 1.11. The molecule has 0 saturated carbocycles. The van der Waals surface area contributed by atoms with Gasteiger partial charge in [-0.1, -0.05) is 29.3 Å². The van der Waals surface area contributed by atoms with Crippen LogP contribution in [0.3, 0.4) is 0 Å².